The van der Waals surface area contributed by atoms with Gasteiger partial charge in [-0.05, 0) is 50.4 Å². The van der Waals surface area contributed by atoms with Crippen LogP contribution in [0.4, 0.5) is 0 Å². The minimum Gasteiger partial charge on any atom is -0.481 e. The Labute approximate surface area is 98.0 Å². The van der Waals surface area contributed by atoms with E-state index in [1.807, 2.05) is 0 Å². The Hall–Kier alpha value is -1.33. The SMILES string of the molecule is O=C(O)C12C[C@@H]3C[C@@H](CC(O[N+](=O)[O-])(C3)C1)C2. The molecule has 4 aliphatic rings. The first kappa shape index (κ1) is 10.8. The summed E-state index contributed by atoms with van der Waals surface area (Å²) in [6, 6.07) is 0. The van der Waals surface area contributed by atoms with Gasteiger partial charge in [-0.15, -0.1) is 10.1 Å². The van der Waals surface area contributed by atoms with Crippen LogP contribution in [0.25, 0.3) is 0 Å². The van der Waals surface area contributed by atoms with Crippen LogP contribution in [0.5, 0.6) is 0 Å². The molecule has 0 spiro atoms. The molecule has 6 heteroatoms. The Morgan fingerprint density at radius 2 is 1.88 bits per heavy atom. The van der Waals surface area contributed by atoms with E-state index < -0.39 is 22.1 Å². The molecule has 2 unspecified atom stereocenters. The van der Waals surface area contributed by atoms with Crippen molar-refractivity contribution < 1.29 is 19.8 Å². The summed E-state index contributed by atoms with van der Waals surface area (Å²) in [7, 11) is 0. The number of carboxylic acid groups (broad SMARTS) is 1. The average Bonchev–Trinajstić information content (AvgIpc) is 2.12. The van der Waals surface area contributed by atoms with Gasteiger partial charge in [-0.2, -0.15) is 0 Å². The van der Waals surface area contributed by atoms with Gasteiger partial charge in [-0.1, -0.05) is 0 Å². The zero-order valence-corrected chi connectivity index (χ0v) is 9.42. The highest BCUT2D eigenvalue weighted by Gasteiger charge is 2.62. The van der Waals surface area contributed by atoms with Crippen molar-refractivity contribution in [2.75, 3.05) is 0 Å². The van der Waals surface area contributed by atoms with Gasteiger partial charge in [0.05, 0.1) is 5.41 Å². The van der Waals surface area contributed by atoms with Crippen molar-refractivity contribution >= 4 is 5.97 Å². The van der Waals surface area contributed by atoms with E-state index in [1.165, 1.54) is 0 Å². The fourth-order valence-corrected chi connectivity index (χ4v) is 4.69. The second-order valence-corrected chi connectivity index (χ2v) is 6.04. The Morgan fingerprint density at radius 3 is 2.35 bits per heavy atom. The molecule has 0 aromatic carbocycles. The van der Waals surface area contributed by atoms with E-state index in [4.69, 9.17) is 4.84 Å². The van der Waals surface area contributed by atoms with Crippen molar-refractivity contribution in [2.45, 2.75) is 44.1 Å². The average molecular weight is 241 g/mol. The molecule has 0 amide bonds. The molecule has 1 N–H and O–H groups in total. The number of rotatable bonds is 3. The zero-order valence-electron chi connectivity index (χ0n) is 9.42. The van der Waals surface area contributed by atoms with E-state index in [0.29, 0.717) is 32.1 Å². The van der Waals surface area contributed by atoms with Gasteiger partial charge in [0.25, 0.3) is 5.09 Å². The first-order valence-corrected chi connectivity index (χ1v) is 6.00. The Kier molecular flexibility index (Phi) is 1.98. The predicted molar refractivity (Wildman–Crippen MR) is 55.6 cm³/mol. The normalized spacial score (nSPS) is 46.8. The number of carbonyl (C=O) groups is 1. The van der Waals surface area contributed by atoms with Gasteiger partial charge in [0.2, 0.25) is 0 Å². The van der Waals surface area contributed by atoms with Crippen LogP contribution in [0, 0.1) is 27.4 Å². The van der Waals surface area contributed by atoms with Crippen molar-refractivity contribution in [1.29, 1.82) is 0 Å². The Morgan fingerprint density at radius 1 is 1.29 bits per heavy atom. The summed E-state index contributed by atoms with van der Waals surface area (Å²) in [4.78, 5) is 26.9. The molecular formula is C11H15NO5. The number of hydrogen-bond acceptors (Lipinski definition) is 4. The molecule has 4 bridgehead atoms. The summed E-state index contributed by atoms with van der Waals surface area (Å²) in [6.45, 7) is 0. The molecule has 0 aliphatic heterocycles. The van der Waals surface area contributed by atoms with Crippen LogP contribution in [0.2, 0.25) is 0 Å². The summed E-state index contributed by atoms with van der Waals surface area (Å²) < 4.78 is 0. The molecule has 17 heavy (non-hydrogen) atoms. The Balaban J connectivity index is 1.94. The summed E-state index contributed by atoms with van der Waals surface area (Å²) in [5.74, 6) is -0.234. The fraction of sp³-hybridized carbons (Fsp3) is 0.909. The first-order valence-electron chi connectivity index (χ1n) is 6.00. The molecule has 4 fully saturated rings. The topological polar surface area (TPSA) is 89.7 Å². The lowest BCUT2D eigenvalue weighted by Crippen LogP contribution is -2.59. The summed E-state index contributed by atoms with van der Waals surface area (Å²) in [5, 5.41) is 19.2. The molecule has 0 saturated heterocycles. The van der Waals surface area contributed by atoms with Crippen molar-refractivity contribution in [3.8, 4) is 0 Å². The van der Waals surface area contributed by atoms with Gasteiger partial charge >= 0.3 is 5.97 Å². The van der Waals surface area contributed by atoms with Crippen molar-refractivity contribution in [2.24, 2.45) is 17.3 Å². The highest BCUT2D eigenvalue weighted by molar-refractivity contribution is 5.75. The van der Waals surface area contributed by atoms with Crippen molar-refractivity contribution in [3.63, 3.8) is 0 Å². The molecule has 94 valence electrons. The van der Waals surface area contributed by atoms with Gasteiger partial charge in [-0.3, -0.25) is 4.79 Å². The molecule has 4 saturated carbocycles. The fourth-order valence-electron chi connectivity index (χ4n) is 4.69. The summed E-state index contributed by atoms with van der Waals surface area (Å²) in [5.41, 5.74) is -1.58. The van der Waals surface area contributed by atoms with Gasteiger partial charge < -0.3 is 9.94 Å². The zero-order chi connectivity index (χ0) is 12.3. The molecule has 6 nitrogen and oxygen atoms in total. The predicted octanol–water partition coefficient (Wildman–Crippen LogP) is 1.62. The molecular weight excluding hydrogens is 226 g/mol. The maximum Gasteiger partial charge on any atom is 0.309 e. The van der Waals surface area contributed by atoms with Crippen molar-refractivity contribution in [3.05, 3.63) is 10.1 Å². The minimum atomic E-state index is -0.814. The molecule has 0 aromatic rings. The van der Waals surface area contributed by atoms with E-state index in [0.717, 1.165) is 6.42 Å². The van der Waals surface area contributed by atoms with Gasteiger partial charge in [0, 0.05) is 0 Å². The monoisotopic (exact) mass is 241 g/mol. The van der Waals surface area contributed by atoms with Crippen molar-refractivity contribution in [1.82, 2.24) is 0 Å². The smallest absolute Gasteiger partial charge is 0.309 e. The van der Waals surface area contributed by atoms with Crippen LogP contribution >= 0.6 is 0 Å². The second kappa shape index (κ2) is 3.11. The molecule has 0 radical (unpaired) electrons. The van der Waals surface area contributed by atoms with Crippen LogP contribution < -0.4 is 0 Å². The number of aliphatic carboxylic acids is 1. The Bertz CT molecular complexity index is 379. The maximum absolute atomic E-state index is 11.5. The minimum absolute atomic E-state index is 0.285. The second-order valence-electron chi connectivity index (χ2n) is 6.04. The van der Waals surface area contributed by atoms with E-state index in [-0.39, 0.29) is 11.8 Å². The maximum atomic E-state index is 11.5. The van der Waals surface area contributed by atoms with Crippen LogP contribution in [0.1, 0.15) is 38.5 Å². The summed E-state index contributed by atoms with van der Waals surface area (Å²) >= 11 is 0. The van der Waals surface area contributed by atoms with Crippen LogP contribution in [-0.4, -0.2) is 21.8 Å². The van der Waals surface area contributed by atoms with E-state index in [1.54, 1.807) is 0 Å². The van der Waals surface area contributed by atoms with Gasteiger partial charge in [0.15, 0.2) is 0 Å². The molecule has 4 aliphatic carbocycles. The first-order chi connectivity index (χ1) is 7.93. The third-order valence-corrected chi connectivity index (χ3v) is 4.73. The van der Waals surface area contributed by atoms with E-state index in [2.05, 4.69) is 0 Å². The van der Waals surface area contributed by atoms with Gasteiger partial charge in [0.1, 0.15) is 5.60 Å². The third kappa shape index (κ3) is 1.50. The standard InChI is InChI=1S/C11H15NO5/c13-9(14)10-2-7-1-8(3-10)5-11(4-7,6-10)17-12(15)16/h7-8H,1-6H2,(H,13,14)/t7-,8+,10?,11?. The van der Waals surface area contributed by atoms with Crippen LogP contribution in [-0.2, 0) is 9.63 Å². The highest BCUT2D eigenvalue weighted by atomic mass is 17.0. The summed E-state index contributed by atoms with van der Waals surface area (Å²) in [6.07, 6.45) is 3.96. The van der Waals surface area contributed by atoms with E-state index in [9.17, 15) is 20.0 Å². The molecule has 0 heterocycles. The largest absolute Gasteiger partial charge is 0.481 e. The lowest BCUT2D eigenvalue weighted by molar-refractivity contribution is -0.785. The third-order valence-electron chi connectivity index (χ3n) is 4.73. The number of hydrogen-bond donors (Lipinski definition) is 1. The molecule has 4 atom stereocenters. The van der Waals surface area contributed by atoms with Crippen LogP contribution in [0.15, 0.2) is 0 Å². The quantitative estimate of drug-likeness (QED) is 0.599. The van der Waals surface area contributed by atoms with Gasteiger partial charge in [-0.25, -0.2) is 0 Å². The lowest BCUT2D eigenvalue weighted by atomic mass is 9.48. The lowest BCUT2D eigenvalue weighted by Gasteiger charge is -2.58. The van der Waals surface area contributed by atoms with Crippen LogP contribution in [0.3, 0.4) is 0 Å². The number of carboxylic acids is 1. The number of nitrogens with zero attached hydrogens (tertiary/aromatic N) is 1. The molecule has 4 rings (SSSR count). The highest BCUT2D eigenvalue weighted by Crippen LogP contribution is 2.62. The molecule has 0 aromatic heterocycles. The van der Waals surface area contributed by atoms with E-state index >= 15 is 0 Å².